The minimum absolute atomic E-state index is 0.0686. The highest BCUT2D eigenvalue weighted by atomic mass is 16.3. The first-order chi connectivity index (χ1) is 12.1. The summed E-state index contributed by atoms with van der Waals surface area (Å²) in [5.41, 5.74) is 16.3. The Kier molecular flexibility index (Phi) is 4.63. The number of aromatic nitrogens is 2. The zero-order valence-corrected chi connectivity index (χ0v) is 13.4. The molecule has 6 N–H and O–H groups in total. The van der Waals surface area contributed by atoms with Crippen LogP contribution in [0.25, 0.3) is 22.4 Å². The third kappa shape index (κ3) is 3.44. The molecule has 0 atom stereocenters. The van der Waals surface area contributed by atoms with Crippen LogP contribution in [-0.2, 0) is 11.4 Å². The minimum atomic E-state index is -0.604. The summed E-state index contributed by atoms with van der Waals surface area (Å²) in [5.74, 6) is -0.604. The lowest BCUT2D eigenvalue weighted by Crippen LogP contribution is -2.17. The number of nitrogens with two attached hydrogens (primary N) is 2. The Morgan fingerprint density at radius 1 is 0.960 bits per heavy atom. The Morgan fingerprint density at radius 2 is 1.60 bits per heavy atom. The van der Waals surface area contributed by atoms with Gasteiger partial charge in [0.05, 0.1) is 24.1 Å². The fourth-order valence-electron chi connectivity index (χ4n) is 2.60. The molecule has 25 heavy (non-hydrogen) atoms. The number of nitrogens with one attached hydrogen (secondary N) is 1. The van der Waals surface area contributed by atoms with Crippen LogP contribution in [0.3, 0.4) is 0 Å². The van der Waals surface area contributed by atoms with E-state index in [1.165, 1.54) is 0 Å². The Hall–Kier alpha value is -3.38. The Balaban J connectivity index is 2.00. The van der Waals surface area contributed by atoms with Crippen LogP contribution in [0.1, 0.15) is 16.7 Å². The van der Waals surface area contributed by atoms with Crippen molar-refractivity contribution in [2.75, 3.05) is 0 Å². The molecule has 0 spiro atoms. The van der Waals surface area contributed by atoms with E-state index in [0.717, 1.165) is 16.7 Å². The fraction of sp³-hybridized carbons (Fsp3) is 0.0526. The van der Waals surface area contributed by atoms with Gasteiger partial charge in [-0.15, -0.1) is 0 Å². The SMILES string of the molecule is NC(=O)C(=C(N)c1ccc(-c2cn[nH]c2)cc1)c1ccc(CO)cc1. The van der Waals surface area contributed by atoms with Crippen molar-refractivity contribution in [3.63, 3.8) is 0 Å². The van der Waals surface area contributed by atoms with E-state index in [0.29, 0.717) is 16.8 Å². The molecule has 0 saturated carbocycles. The lowest BCUT2D eigenvalue weighted by Gasteiger charge is -2.11. The molecule has 0 fully saturated rings. The quantitative estimate of drug-likeness (QED) is 0.421. The molecule has 3 rings (SSSR count). The molecule has 6 heteroatoms. The number of primary amides is 1. The molecule has 1 amide bonds. The first kappa shape index (κ1) is 16.5. The number of amides is 1. The van der Waals surface area contributed by atoms with Crippen LogP contribution < -0.4 is 11.5 Å². The van der Waals surface area contributed by atoms with Crippen LogP contribution in [0.2, 0.25) is 0 Å². The second-order valence-electron chi connectivity index (χ2n) is 5.57. The maximum Gasteiger partial charge on any atom is 0.251 e. The van der Waals surface area contributed by atoms with Gasteiger partial charge in [0.2, 0.25) is 0 Å². The second-order valence-corrected chi connectivity index (χ2v) is 5.57. The van der Waals surface area contributed by atoms with E-state index in [1.54, 1.807) is 36.7 Å². The van der Waals surface area contributed by atoms with Crippen molar-refractivity contribution in [3.8, 4) is 11.1 Å². The lowest BCUT2D eigenvalue weighted by atomic mass is 9.97. The number of aliphatic hydroxyl groups excluding tert-OH is 1. The Morgan fingerprint density at radius 3 is 2.12 bits per heavy atom. The predicted octanol–water partition coefficient (Wildman–Crippen LogP) is 1.88. The lowest BCUT2D eigenvalue weighted by molar-refractivity contribution is -0.112. The van der Waals surface area contributed by atoms with Gasteiger partial charge in [-0.3, -0.25) is 9.89 Å². The van der Waals surface area contributed by atoms with E-state index in [9.17, 15) is 4.79 Å². The number of aromatic amines is 1. The van der Waals surface area contributed by atoms with Crippen molar-refractivity contribution >= 4 is 17.2 Å². The number of hydrogen-bond donors (Lipinski definition) is 4. The standard InChI is InChI=1S/C19H18N4O2/c20-18(15-7-5-13(6-8-15)16-9-22-23-10-16)17(19(21)25)14-3-1-12(11-24)2-4-14/h1-10,24H,11,20H2,(H2,21,25)(H,22,23). The third-order valence-corrected chi connectivity index (χ3v) is 3.97. The molecule has 2 aromatic carbocycles. The average molecular weight is 334 g/mol. The van der Waals surface area contributed by atoms with Gasteiger partial charge in [-0.05, 0) is 22.3 Å². The van der Waals surface area contributed by atoms with Gasteiger partial charge in [0.1, 0.15) is 0 Å². The van der Waals surface area contributed by atoms with Crippen LogP contribution in [0, 0.1) is 0 Å². The van der Waals surface area contributed by atoms with E-state index in [1.807, 2.05) is 24.3 Å². The summed E-state index contributed by atoms with van der Waals surface area (Å²) in [6, 6.07) is 14.4. The monoisotopic (exact) mass is 334 g/mol. The molecular formula is C19H18N4O2. The first-order valence-electron chi connectivity index (χ1n) is 7.69. The molecule has 0 bridgehead atoms. The van der Waals surface area contributed by atoms with E-state index in [-0.39, 0.29) is 12.2 Å². The van der Waals surface area contributed by atoms with Gasteiger partial charge in [-0.2, -0.15) is 5.10 Å². The van der Waals surface area contributed by atoms with Gasteiger partial charge in [0, 0.05) is 11.8 Å². The number of hydrogen-bond acceptors (Lipinski definition) is 4. The minimum Gasteiger partial charge on any atom is -0.398 e. The number of carbonyl (C=O) groups is 1. The van der Waals surface area contributed by atoms with Crippen LogP contribution in [0.4, 0.5) is 0 Å². The van der Waals surface area contributed by atoms with E-state index in [4.69, 9.17) is 16.6 Å². The van der Waals surface area contributed by atoms with Crippen molar-refractivity contribution < 1.29 is 9.90 Å². The first-order valence-corrected chi connectivity index (χ1v) is 7.69. The van der Waals surface area contributed by atoms with E-state index < -0.39 is 5.91 Å². The summed E-state index contributed by atoms with van der Waals surface area (Å²) in [4.78, 5) is 11.9. The number of carbonyl (C=O) groups excluding carboxylic acids is 1. The Labute approximate surface area is 144 Å². The van der Waals surface area contributed by atoms with Crippen molar-refractivity contribution in [2.24, 2.45) is 11.5 Å². The maximum atomic E-state index is 11.9. The summed E-state index contributed by atoms with van der Waals surface area (Å²) in [7, 11) is 0. The molecule has 126 valence electrons. The Bertz CT molecular complexity index is 896. The molecule has 1 aromatic heterocycles. The van der Waals surface area contributed by atoms with Gasteiger partial charge in [-0.25, -0.2) is 0 Å². The normalized spacial score (nSPS) is 11.9. The summed E-state index contributed by atoms with van der Waals surface area (Å²) in [6.45, 7) is -0.0686. The molecular weight excluding hydrogens is 316 g/mol. The summed E-state index contributed by atoms with van der Waals surface area (Å²) in [5, 5.41) is 15.8. The van der Waals surface area contributed by atoms with Gasteiger partial charge in [-0.1, -0.05) is 48.5 Å². The second kappa shape index (κ2) is 7.02. The molecule has 0 aliphatic carbocycles. The third-order valence-electron chi connectivity index (χ3n) is 3.97. The highest BCUT2D eigenvalue weighted by Gasteiger charge is 2.15. The van der Waals surface area contributed by atoms with Gasteiger partial charge >= 0.3 is 0 Å². The molecule has 0 aliphatic heterocycles. The van der Waals surface area contributed by atoms with E-state index in [2.05, 4.69) is 10.2 Å². The topological polar surface area (TPSA) is 118 Å². The van der Waals surface area contributed by atoms with Crippen molar-refractivity contribution in [3.05, 3.63) is 77.6 Å². The molecule has 0 saturated heterocycles. The van der Waals surface area contributed by atoms with Crippen LogP contribution in [-0.4, -0.2) is 21.2 Å². The number of benzene rings is 2. The molecule has 6 nitrogen and oxygen atoms in total. The fourth-order valence-corrected chi connectivity index (χ4v) is 2.60. The highest BCUT2D eigenvalue weighted by molar-refractivity contribution is 6.25. The maximum absolute atomic E-state index is 11.9. The average Bonchev–Trinajstić information content (AvgIpc) is 3.17. The van der Waals surface area contributed by atoms with Crippen molar-refractivity contribution in [2.45, 2.75) is 6.61 Å². The predicted molar refractivity (Wildman–Crippen MR) is 96.6 cm³/mol. The molecule has 3 aromatic rings. The summed E-state index contributed by atoms with van der Waals surface area (Å²) in [6.07, 6.45) is 3.53. The molecule has 0 radical (unpaired) electrons. The summed E-state index contributed by atoms with van der Waals surface area (Å²) < 4.78 is 0. The van der Waals surface area contributed by atoms with Gasteiger partial charge in [0.25, 0.3) is 5.91 Å². The van der Waals surface area contributed by atoms with E-state index >= 15 is 0 Å². The molecule has 0 aliphatic rings. The highest BCUT2D eigenvalue weighted by Crippen LogP contribution is 2.25. The van der Waals surface area contributed by atoms with Crippen LogP contribution in [0.15, 0.2) is 60.9 Å². The molecule has 0 unspecified atom stereocenters. The number of H-pyrrole nitrogens is 1. The molecule has 1 heterocycles. The largest absolute Gasteiger partial charge is 0.398 e. The van der Waals surface area contributed by atoms with Crippen LogP contribution in [0.5, 0.6) is 0 Å². The van der Waals surface area contributed by atoms with Crippen molar-refractivity contribution in [1.29, 1.82) is 0 Å². The number of aliphatic hydroxyl groups is 1. The number of nitrogens with zero attached hydrogens (tertiary/aromatic N) is 1. The summed E-state index contributed by atoms with van der Waals surface area (Å²) >= 11 is 0. The zero-order valence-electron chi connectivity index (χ0n) is 13.4. The van der Waals surface area contributed by atoms with Gasteiger partial charge < -0.3 is 16.6 Å². The van der Waals surface area contributed by atoms with Crippen molar-refractivity contribution in [1.82, 2.24) is 10.2 Å². The van der Waals surface area contributed by atoms with Gasteiger partial charge in [0.15, 0.2) is 0 Å². The number of rotatable bonds is 5. The van der Waals surface area contributed by atoms with Crippen LogP contribution >= 0.6 is 0 Å². The zero-order chi connectivity index (χ0) is 17.8. The smallest absolute Gasteiger partial charge is 0.251 e.